The van der Waals surface area contributed by atoms with Gasteiger partial charge in [-0.2, -0.15) is 0 Å². The van der Waals surface area contributed by atoms with Gasteiger partial charge in [-0.15, -0.1) is 0 Å². The average Bonchev–Trinajstić information content (AvgIpc) is 2.37. The molecule has 0 fully saturated rings. The molecule has 1 rings (SSSR count). The van der Waals surface area contributed by atoms with E-state index >= 15 is 0 Å². The van der Waals surface area contributed by atoms with Crippen LogP contribution in [-0.4, -0.2) is 18.6 Å². The average molecular weight is 278 g/mol. The minimum Gasteiger partial charge on any atom is -0.484 e. The van der Waals surface area contributed by atoms with Crippen LogP contribution in [0, 0.1) is 6.92 Å². The summed E-state index contributed by atoms with van der Waals surface area (Å²) >= 11 is 0. The molecule has 2 atom stereocenters. The summed E-state index contributed by atoms with van der Waals surface area (Å²) in [6.45, 7) is 8.05. The lowest BCUT2D eigenvalue weighted by molar-refractivity contribution is -0.123. The molecular formula is C16H26N2O2. The maximum atomic E-state index is 11.7. The summed E-state index contributed by atoms with van der Waals surface area (Å²) < 4.78 is 5.56. The van der Waals surface area contributed by atoms with Gasteiger partial charge in [0.2, 0.25) is 0 Å². The van der Waals surface area contributed by atoms with E-state index in [4.69, 9.17) is 10.5 Å². The van der Waals surface area contributed by atoms with Gasteiger partial charge in [-0.25, -0.2) is 0 Å². The van der Waals surface area contributed by atoms with E-state index < -0.39 is 0 Å². The van der Waals surface area contributed by atoms with E-state index in [0.29, 0.717) is 0 Å². The van der Waals surface area contributed by atoms with Gasteiger partial charge in [0.25, 0.3) is 5.91 Å². The highest BCUT2D eigenvalue weighted by Gasteiger charge is 2.09. The van der Waals surface area contributed by atoms with Crippen LogP contribution in [0.25, 0.3) is 0 Å². The van der Waals surface area contributed by atoms with E-state index in [1.807, 2.05) is 39.0 Å². The Labute approximate surface area is 121 Å². The van der Waals surface area contributed by atoms with Crippen LogP contribution in [0.5, 0.6) is 5.75 Å². The van der Waals surface area contributed by atoms with Crippen molar-refractivity contribution in [1.82, 2.24) is 5.32 Å². The van der Waals surface area contributed by atoms with Crippen molar-refractivity contribution < 1.29 is 9.53 Å². The summed E-state index contributed by atoms with van der Waals surface area (Å²) in [5, 5.41) is 2.92. The highest BCUT2D eigenvalue weighted by Crippen LogP contribution is 2.21. The Morgan fingerprint density at radius 1 is 1.40 bits per heavy atom. The van der Waals surface area contributed by atoms with Crippen LogP contribution >= 0.6 is 0 Å². The maximum absolute atomic E-state index is 11.7. The third-order valence-electron chi connectivity index (χ3n) is 3.21. The number of carbonyl (C=O) groups is 1. The van der Waals surface area contributed by atoms with Crippen LogP contribution < -0.4 is 15.8 Å². The largest absolute Gasteiger partial charge is 0.484 e. The van der Waals surface area contributed by atoms with Gasteiger partial charge in [-0.05, 0) is 44.4 Å². The van der Waals surface area contributed by atoms with E-state index in [9.17, 15) is 4.79 Å². The van der Waals surface area contributed by atoms with E-state index in [0.717, 1.165) is 29.7 Å². The van der Waals surface area contributed by atoms with E-state index in [2.05, 4.69) is 12.2 Å². The molecule has 0 saturated heterocycles. The van der Waals surface area contributed by atoms with Crippen LogP contribution in [-0.2, 0) is 4.79 Å². The Hall–Kier alpha value is -1.55. The van der Waals surface area contributed by atoms with Crippen molar-refractivity contribution >= 4 is 5.91 Å². The third kappa shape index (κ3) is 5.21. The molecular weight excluding hydrogens is 252 g/mol. The van der Waals surface area contributed by atoms with Gasteiger partial charge in [-0.1, -0.05) is 25.5 Å². The quantitative estimate of drug-likeness (QED) is 0.806. The monoisotopic (exact) mass is 278 g/mol. The van der Waals surface area contributed by atoms with Crippen LogP contribution in [0.2, 0.25) is 0 Å². The molecule has 0 aliphatic rings. The van der Waals surface area contributed by atoms with Gasteiger partial charge in [0.1, 0.15) is 5.75 Å². The molecule has 2 unspecified atom stereocenters. The first-order valence-electron chi connectivity index (χ1n) is 7.22. The molecule has 0 spiro atoms. The molecule has 0 bridgehead atoms. The fourth-order valence-electron chi connectivity index (χ4n) is 2.08. The van der Waals surface area contributed by atoms with Crippen molar-refractivity contribution in [2.45, 2.75) is 52.6 Å². The van der Waals surface area contributed by atoms with E-state index in [-0.39, 0.29) is 24.6 Å². The first-order chi connectivity index (χ1) is 9.43. The smallest absolute Gasteiger partial charge is 0.258 e. The highest BCUT2D eigenvalue weighted by molar-refractivity contribution is 5.77. The molecule has 1 amide bonds. The van der Waals surface area contributed by atoms with Crippen molar-refractivity contribution in [1.29, 1.82) is 0 Å². The maximum Gasteiger partial charge on any atom is 0.258 e. The van der Waals surface area contributed by atoms with E-state index in [1.165, 1.54) is 0 Å². The number of hydrogen-bond donors (Lipinski definition) is 2. The first-order valence-corrected chi connectivity index (χ1v) is 7.22. The summed E-state index contributed by atoms with van der Waals surface area (Å²) in [5.41, 5.74) is 7.89. The van der Waals surface area contributed by atoms with Gasteiger partial charge in [0.05, 0.1) is 0 Å². The zero-order valence-electron chi connectivity index (χ0n) is 12.9. The number of ether oxygens (including phenoxy) is 1. The highest BCUT2D eigenvalue weighted by atomic mass is 16.5. The summed E-state index contributed by atoms with van der Waals surface area (Å²) in [6.07, 6.45) is 2.04. The molecule has 0 aromatic heterocycles. The standard InChI is InChI=1S/C16H26N2O2/c1-5-6-12(3)18-16(19)10-20-15-8-7-14(13(4)17)9-11(15)2/h7-9,12-13H,5-6,10,17H2,1-4H3,(H,18,19). The van der Waals surface area contributed by atoms with Crippen LogP contribution in [0.15, 0.2) is 18.2 Å². The Morgan fingerprint density at radius 2 is 2.10 bits per heavy atom. The molecule has 1 aromatic rings. The molecule has 4 heteroatoms. The second-order valence-corrected chi connectivity index (χ2v) is 5.36. The van der Waals surface area contributed by atoms with Gasteiger partial charge < -0.3 is 15.8 Å². The minimum absolute atomic E-state index is 0.000872. The summed E-state index contributed by atoms with van der Waals surface area (Å²) in [7, 11) is 0. The van der Waals surface area contributed by atoms with Crippen LogP contribution in [0.4, 0.5) is 0 Å². The number of rotatable bonds is 7. The predicted molar refractivity (Wildman–Crippen MR) is 81.8 cm³/mol. The number of aryl methyl sites for hydroxylation is 1. The van der Waals surface area contributed by atoms with Gasteiger partial charge >= 0.3 is 0 Å². The summed E-state index contributed by atoms with van der Waals surface area (Å²) in [5.74, 6) is 0.648. The second kappa shape index (κ2) is 7.90. The molecule has 1 aromatic carbocycles. The fraction of sp³-hybridized carbons (Fsp3) is 0.562. The lowest BCUT2D eigenvalue weighted by Gasteiger charge is -2.15. The molecule has 20 heavy (non-hydrogen) atoms. The predicted octanol–water partition coefficient (Wildman–Crippen LogP) is 2.70. The molecule has 112 valence electrons. The lowest BCUT2D eigenvalue weighted by atomic mass is 10.1. The normalized spacial score (nSPS) is 13.7. The Bertz CT molecular complexity index is 444. The van der Waals surface area contributed by atoms with Crippen LogP contribution in [0.1, 0.15) is 50.8 Å². The number of amides is 1. The molecule has 0 aliphatic heterocycles. The molecule has 0 radical (unpaired) electrons. The zero-order chi connectivity index (χ0) is 15.1. The Kier molecular flexibility index (Phi) is 6.52. The second-order valence-electron chi connectivity index (χ2n) is 5.36. The van der Waals surface area contributed by atoms with Gasteiger partial charge in [0.15, 0.2) is 6.61 Å². The van der Waals surface area contributed by atoms with Crippen LogP contribution in [0.3, 0.4) is 0 Å². The van der Waals surface area contributed by atoms with Gasteiger partial charge in [0, 0.05) is 12.1 Å². The third-order valence-corrected chi connectivity index (χ3v) is 3.21. The fourth-order valence-corrected chi connectivity index (χ4v) is 2.08. The molecule has 0 heterocycles. The number of benzene rings is 1. The van der Waals surface area contributed by atoms with Crippen molar-refractivity contribution in [2.75, 3.05) is 6.61 Å². The topological polar surface area (TPSA) is 64.3 Å². The lowest BCUT2D eigenvalue weighted by Crippen LogP contribution is -2.36. The number of hydrogen-bond acceptors (Lipinski definition) is 3. The Balaban J connectivity index is 2.51. The van der Waals surface area contributed by atoms with E-state index in [1.54, 1.807) is 0 Å². The molecule has 4 nitrogen and oxygen atoms in total. The number of nitrogens with one attached hydrogen (secondary N) is 1. The first kappa shape index (κ1) is 16.5. The summed E-state index contributed by atoms with van der Waals surface area (Å²) in [4.78, 5) is 11.7. The van der Waals surface area contributed by atoms with Gasteiger partial charge in [-0.3, -0.25) is 4.79 Å². The van der Waals surface area contributed by atoms with Crippen molar-refractivity contribution in [2.24, 2.45) is 5.73 Å². The molecule has 0 aliphatic carbocycles. The molecule has 0 saturated carbocycles. The molecule has 3 N–H and O–H groups in total. The zero-order valence-corrected chi connectivity index (χ0v) is 12.9. The van der Waals surface area contributed by atoms with Crippen molar-refractivity contribution in [3.05, 3.63) is 29.3 Å². The number of carbonyl (C=O) groups excluding carboxylic acids is 1. The van der Waals surface area contributed by atoms with Crippen molar-refractivity contribution in [3.8, 4) is 5.75 Å². The minimum atomic E-state index is -0.0818. The van der Waals surface area contributed by atoms with Crippen molar-refractivity contribution in [3.63, 3.8) is 0 Å². The Morgan fingerprint density at radius 3 is 2.65 bits per heavy atom. The SMILES string of the molecule is CCCC(C)NC(=O)COc1ccc(C(C)N)cc1C. The summed E-state index contributed by atoms with van der Waals surface area (Å²) in [6, 6.07) is 6.00. The number of nitrogens with two attached hydrogens (primary N) is 1.